The van der Waals surface area contributed by atoms with Gasteiger partial charge in [-0.05, 0) is 13.3 Å². The van der Waals surface area contributed by atoms with Gasteiger partial charge in [0, 0.05) is 44.3 Å². The lowest BCUT2D eigenvalue weighted by molar-refractivity contribution is -0.132. The van der Waals surface area contributed by atoms with Gasteiger partial charge in [-0.25, -0.2) is 4.79 Å². The number of morpholine rings is 1. The molecule has 0 aromatic heterocycles. The third kappa shape index (κ3) is 3.54. The summed E-state index contributed by atoms with van der Waals surface area (Å²) in [6.45, 7) is 8.25. The van der Waals surface area contributed by atoms with E-state index in [0.717, 1.165) is 45.9 Å². The zero-order valence-electron chi connectivity index (χ0n) is 11.0. The van der Waals surface area contributed by atoms with Gasteiger partial charge < -0.3 is 9.84 Å². The molecule has 0 saturated carbocycles. The van der Waals surface area contributed by atoms with Gasteiger partial charge in [-0.3, -0.25) is 9.80 Å². The molecule has 0 aromatic carbocycles. The maximum atomic E-state index is 10.7. The fourth-order valence-corrected chi connectivity index (χ4v) is 2.57. The van der Waals surface area contributed by atoms with Crippen LogP contribution in [0.15, 0.2) is 11.6 Å². The molecule has 1 N–H and O–H groups in total. The van der Waals surface area contributed by atoms with Crippen LogP contribution in [0.4, 0.5) is 0 Å². The van der Waals surface area contributed by atoms with E-state index in [1.54, 1.807) is 6.92 Å². The molecule has 2 rings (SSSR count). The average molecular weight is 254 g/mol. The Balaban J connectivity index is 1.77. The first-order valence-corrected chi connectivity index (χ1v) is 6.61. The first kappa shape index (κ1) is 13.5. The fourth-order valence-electron chi connectivity index (χ4n) is 2.57. The Bertz CT molecular complexity index is 324. The Morgan fingerprint density at radius 2 is 2.11 bits per heavy atom. The largest absolute Gasteiger partial charge is 0.478 e. The van der Waals surface area contributed by atoms with Crippen LogP contribution >= 0.6 is 0 Å². The van der Waals surface area contributed by atoms with Crippen molar-refractivity contribution in [3.8, 4) is 0 Å². The highest BCUT2D eigenvalue weighted by Gasteiger charge is 2.27. The molecule has 0 amide bonds. The molecule has 1 unspecified atom stereocenters. The van der Waals surface area contributed by atoms with Crippen LogP contribution in [-0.4, -0.2) is 72.9 Å². The molecule has 0 aromatic rings. The average Bonchev–Trinajstić information content (AvgIpc) is 2.85. The molecule has 2 heterocycles. The molecule has 0 spiro atoms. The number of hydrogen-bond donors (Lipinski definition) is 1. The Hall–Kier alpha value is -0.910. The summed E-state index contributed by atoms with van der Waals surface area (Å²) in [6, 6.07) is 0.618. The number of rotatable bonds is 4. The second-order valence-electron chi connectivity index (χ2n) is 5.04. The van der Waals surface area contributed by atoms with E-state index >= 15 is 0 Å². The summed E-state index contributed by atoms with van der Waals surface area (Å²) in [5.74, 6) is -0.820. The lowest BCUT2D eigenvalue weighted by atomic mass is 10.2. The van der Waals surface area contributed by atoms with Gasteiger partial charge in [-0.2, -0.15) is 0 Å². The van der Waals surface area contributed by atoms with Gasteiger partial charge in [0.2, 0.25) is 0 Å². The Morgan fingerprint density at radius 3 is 2.78 bits per heavy atom. The SMILES string of the molecule is CC(=CCN1CCC(N2CCOCC2)C1)C(=O)O. The van der Waals surface area contributed by atoms with Crippen molar-refractivity contribution in [3.63, 3.8) is 0 Å². The van der Waals surface area contributed by atoms with Crippen molar-refractivity contribution in [2.45, 2.75) is 19.4 Å². The maximum Gasteiger partial charge on any atom is 0.330 e. The van der Waals surface area contributed by atoms with Gasteiger partial charge in [-0.15, -0.1) is 0 Å². The standard InChI is InChI=1S/C13H22N2O3/c1-11(13(16)17)2-4-14-5-3-12(10-14)15-6-8-18-9-7-15/h2,12H,3-10H2,1H3,(H,16,17). The summed E-state index contributed by atoms with van der Waals surface area (Å²) in [6.07, 6.45) is 2.99. The van der Waals surface area contributed by atoms with Gasteiger partial charge in [0.15, 0.2) is 0 Å². The van der Waals surface area contributed by atoms with Gasteiger partial charge in [0.05, 0.1) is 13.2 Å². The van der Waals surface area contributed by atoms with Gasteiger partial charge >= 0.3 is 5.97 Å². The molecule has 18 heavy (non-hydrogen) atoms. The molecular formula is C13H22N2O3. The summed E-state index contributed by atoms with van der Waals surface area (Å²) >= 11 is 0. The minimum Gasteiger partial charge on any atom is -0.478 e. The van der Waals surface area contributed by atoms with Crippen LogP contribution in [0.2, 0.25) is 0 Å². The summed E-state index contributed by atoms with van der Waals surface area (Å²) in [5, 5.41) is 8.80. The number of hydrogen-bond acceptors (Lipinski definition) is 4. The number of carboxylic acid groups (broad SMARTS) is 1. The van der Waals surface area contributed by atoms with Crippen LogP contribution in [0.3, 0.4) is 0 Å². The highest BCUT2D eigenvalue weighted by Crippen LogP contribution is 2.16. The van der Waals surface area contributed by atoms with Crippen LogP contribution in [0.25, 0.3) is 0 Å². The molecule has 1 atom stereocenters. The van der Waals surface area contributed by atoms with E-state index in [1.807, 2.05) is 6.08 Å². The second-order valence-corrected chi connectivity index (χ2v) is 5.04. The molecule has 0 radical (unpaired) electrons. The van der Waals surface area contributed by atoms with Crippen molar-refractivity contribution < 1.29 is 14.6 Å². The van der Waals surface area contributed by atoms with E-state index in [1.165, 1.54) is 6.42 Å². The summed E-state index contributed by atoms with van der Waals surface area (Å²) in [5.41, 5.74) is 0.435. The third-order valence-corrected chi connectivity index (χ3v) is 3.80. The number of nitrogens with zero attached hydrogens (tertiary/aromatic N) is 2. The predicted molar refractivity (Wildman–Crippen MR) is 68.6 cm³/mol. The maximum absolute atomic E-state index is 10.7. The molecule has 5 heteroatoms. The Labute approximate surface area is 108 Å². The van der Waals surface area contributed by atoms with Crippen molar-refractivity contribution in [3.05, 3.63) is 11.6 Å². The van der Waals surface area contributed by atoms with E-state index < -0.39 is 5.97 Å². The number of likely N-dealkylation sites (tertiary alicyclic amines) is 1. The van der Waals surface area contributed by atoms with Gasteiger partial charge in [0.25, 0.3) is 0 Å². The van der Waals surface area contributed by atoms with Crippen molar-refractivity contribution in [2.24, 2.45) is 0 Å². The quantitative estimate of drug-likeness (QED) is 0.737. The zero-order valence-corrected chi connectivity index (χ0v) is 11.0. The normalized spacial score (nSPS) is 27.6. The minimum absolute atomic E-state index is 0.435. The van der Waals surface area contributed by atoms with E-state index in [9.17, 15) is 4.79 Å². The summed E-state index contributed by atoms with van der Waals surface area (Å²) in [4.78, 5) is 15.5. The van der Waals surface area contributed by atoms with Gasteiger partial charge in [0.1, 0.15) is 0 Å². The van der Waals surface area contributed by atoms with Crippen LogP contribution < -0.4 is 0 Å². The van der Waals surface area contributed by atoms with Crippen molar-refractivity contribution in [1.82, 2.24) is 9.80 Å². The number of carbonyl (C=O) groups is 1. The molecular weight excluding hydrogens is 232 g/mol. The smallest absolute Gasteiger partial charge is 0.330 e. The monoisotopic (exact) mass is 254 g/mol. The highest BCUT2D eigenvalue weighted by atomic mass is 16.5. The van der Waals surface area contributed by atoms with Gasteiger partial charge in [-0.1, -0.05) is 6.08 Å². The first-order chi connectivity index (χ1) is 8.66. The second kappa shape index (κ2) is 6.31. The van der Waals surface area contributed by atoms with E-state index in [-0.39, 0.29) is 0 Å². The van der Waals surface area contributed by atoms with E-state index in [0.29, 0.717) is 11.6 Å². The Kier molecular flexibility index (Phi) is 4.74. The van der Waals surface area contributed by atoms with E-state index in [4.69, 9.17) is 9.84 Å². The Morgan fingerprint density at radius 1 is 1.39 bits per heavy atom. The van der Waals surface area contributed by atoms with Crippen molar-refractivity contribution in [2.75, 3.05) is 45.9 Å². The number of ether oxygens (including phenoxy) is 1. The summed E-state index contributed by atoms with van der Waals surface area (Å²) < 4.78 is 5.36. The third-order valence-electron chi connectivity index (χ3n) is 3.80. The molecule has 2 aliphatic rings. The molecule has 2 aliphatic heterocycles. The number of carboxylic acids is 1. The van der Waals surface area contributed by atoms with E-state index in [2.05, 4.69) is 9.80 Å². The molecule has 5 nitrogen and oxygen atoms in total. The lowest BCUT2D eigenvalue weighted by Crippen LogP contribution is -2.44. The van der Waals surface area contributed by atoms with Crippen LogP contribution in [-0.2, 0) is 9.53 Å². The predicted octanol–water partition coefficient (Wildman–Crippen LogP) is 0.424. The zero-order chi connectivity index (χ0) is 13.0. The molecule has 2 fully saturated rings. The van der Waals surface area contributed by atoms with Crippen molar-refractivity contribution >= 4 is 5.97 Å². The number of aliphatic carboxylic acids is 1. The molecule has 0 aliphatic carbocycles. The van der Waals surface area contributed by atoms with Crippen LogP contribution in [0.5, 0.6) is 0 Å². The van der Waals surface area contributed by atoms with Crippen LogP contribution in [0, 0.1) is 0 Å². The first-order valence-electron chi connectivity index (χ1n) is 6.61. The highest BCUT2D eigenvalue weighted by molar-refractivity contribution is 5.85. The molecule has 102 valence electrons. The van der Waals surface area contributed by atoms with Crippen molar-refractivity contribution in [1.29, 1.82) is 0 Å². The fraction of sp³-hybridized carbons (Fsp3) is 0.769. The molecule has 2 saturated heterocycles. The molecule has 0 bridgehead atoms. The lowest BCUT2D eigenvalue weighted by Gasteiger charge is -2.32. The topological polar surface area (TPSA) is 53.0 Å². The minimum atomic E-state index is -0.820. The summed E-state index contributed by atoms with van der Waals surface area (Å²) in [7, 11) is 0. The van der Waals surface area contributed by atoms with Crippen LogP contribution in [0.1, 0.15) is 13.3 Å².